The number of halogens is 1. The summed E-state index contributed by atoms with van der Waals surface area (Å²) in [6, 6.07) is 11.1. The molecule has 0 bridgehead atoms. The minimum atomic E-state index is -0.815. The van der Waals surface area contributed by atoms with Crippen LogP contribution >= 0.6 is 22.9 Å². The van der Waals surface area contributed by atoms with Crippen LogP contribution in [0.3, 0.4) is 0 Å². The second-order valence-corrected chi connectivity index (χ2v) is 14.9. The topological polar surface area (TPSA) is 157 Å². The first kappa shape index (κ1) is 36.4. The number of piperidine rings is 1. The number of hydrogen-bond acceptors (Lipinski definition) is 10. The van der Waals surface area contributed by atoms with Gasteiger partial charge in [0.05, 0.1) is 29.9 Å². The third-order valence-corrected chi connectivity index (χ3v) is 11.2. The van der Waals surface area contributed by atoms with Crippen LogP contribution in [0.4, 0.5) is 0 Å². The molecule has 3 aliphatic rings. The quantitative estimate of drug-likeness (QED) is 0.142. The molecular weight excluding hydrogens is 718 g/mol. The van der Waals surface area contributed by atoms with Gasteiger partial charge in [-0.1, -0.05) is 29.8 Å². The Morgan fingerprint density at radius 2 is 1.81 bits per heavy atom. The van der Waals surface area contributed by atoms with Gasteiger partial charge in [-0.05, 0) is 76.3 Å². The monoisotopic (exact) mass is 757 g/mol. The molecule has 13 nitrogen and oxygen atoms in total. The highest BCUT2D eigenvalue weighted by atomic mass is 35.5. The van der Waals surface area contributed by atoms with Crippen molar-refractivity contribution in [3.05, 3.63) is 91.8 Å². The maximum atomic E-state index is 13.3. The lowest BCUT2D eigenvalue weighted by Crippen LogP contribution is -2.52. The number of fused-ring (bicyclic) bond motifs is 4. The van der Waals surface area contributed by atoms with Gasteiger partial charge in [0.15, 0.2) is 5.82 Å². The number of aryl methyl sites for hydroxylation is 2. The molecule has 5 heterocycles. The van der Waals surface area contributed by atoms with Crippen LogP contribution in [0.25, 0.3) is 5.00 Å². The van der Waals surface area contributed by atoms with E-state index in [0.29, 0.717) is 62.0 Å². The molecule has 0 radical (unpaired) electrons. The highest BCUT2D eigenvalue weighted by Crippen LogP contribution is 2.40. The Balaban J connectivity index is 0.891. The van der Waals surface area contributed by atoms with E-state index in [1.165, 1.54) is 4.88 Å². The van der Waals surface area contributed by atoms with Gasteiger partial charge in [-0.3, -0.25) is 33.6 Å². The number of ether oxygens (including phenoxy) is 2. The molecule has 2 aromatic carbocycles. The molecule has 1 fully saturated rings. The van der Waals surface area contributed by atoms with E-state index in [4.69, 9.17) is 26.1 Å². The van der Waals surface area contributed by atoms with E-state index < -0.39 is 23.9 Å². The number of rotatable bonds is 13. The molecule has 53 heavy (non-hydrogen) atoms. The molecule has 2 N–H and O–H groups in total. The van der Waals surface area contributed by atoms with Crippen molar-refractivity contribution in [2.24, 2.45) is 4.99 Å². The second kappa shape index (κ2) is 15.6. The molecule has 3 aliphatic heterocycles. The smallest absolute Gasteiger partial charge is 0.266 e. The molecule has 1 unspecified atom stereocenters. The summed E-state index contributed by atoms with van der Waals surface area (Å²) < 4.78 is 13.6. The van der Waals surface area contributed by atoms with Gasteiger partial charge in [0.1, 0.15) is 35.3 Å². The van der Waals surface area contributed by atoms with Crippen LogP contribution in [-0.2, 0) is 14.3 Å². The Morgan fingerprint density at radius 3 is 2.60 bits per heavy atom. The van der Waals surface area contributed by atoms with Crippen LogP contribution in [0.5, 0.6) is 5.75 Å². The molecule has 7 rings (SSSR count). The van der Waals surface area contributed by atoms with Crippen molar-refractivity contribution in [2.75, 3.05) is 32.9 Å². The van der Waals surface area contributed by atoms with Gasteiger partial charge in [-0.15, -0.1) is 21.5 Å². The van der Waals surface area contributed by atoms with E-state index in [0.717, 1.165) is 38.1 Å². The first-order valence-corrected chi connectivity index (χ1v) is 19.0. The fourth-order valence-corrected chi connectivity index (χ4v) is 8.27. The van der Waals surface area contributed by atoms with Crippen LogP contribution in [0, 0.1) is 20.8 Å². The number of hydrogen-bond donors (Lipinski definition) is 2. The standard InChI is InChI=1S/C38H40ClN7O6S/c1-21-22(2)53-38-31(21)33(24-11-13-25(39)14-12-24)42-27(34-44-43-23(3)45(34)38)20-30(47)40-15-4-5-17-51-18-19-52-29-10-6-8-26-32(29)37(50)46(36(26)49)28-9-7-16-41-35(28)48/h6,8,10-14,27-28H,4-5,7,9,15-20H2,1-3H3,(H,40,47)(H,41,48)/t27-,28?/m0/s1. The first-order chi connectivity index (χ1) is 25.6. The van der Waals surface area contributed by atoms with Crippen LogP contribution in [0.15, 0.2) is 47.5 Å². The summed E-state index contributed by atoms with van der Waals surface area (Å²) in [6.07, 6.45) is 2.65. The predicted octanol–water partition coefficient (Wildman–Crippen LogP) is 5.06. The van der Waals surface area contributed by atoms with Crippen LogP contribution in [0.2, 0.25) is 5.02 Å². The van der Waals surface area contributed by atoms with E-state index in [1.54, 1.807) is 29.5 Å². The molecule has 2 atom stereocenters. The minimum Gasteiger partial charge on any atom is -0.490 e. The van der Waals surface area contributed by atoms with Crippen molar-refractivity contribution in [3.8, 4) is 10.8 Å². The summed E-state index contributed by atoms with van der Waals surface area (Å²) in [4.78, 5) is 59.3. The fraction of sp³-hybridized carbons (Fsp3) is 0.395. The number of thiophene rings is 1. The molecule has 0 saturated carbocycles. The lowest BCUT2D eigenvalue weighted by atomic mass is 9.99. The SMILES string of the molecule is Cc1sc2c(c1C)C(c1ccc(Cl)cc1)=N[C@@H](CC(=O)NCCCCOCCOc1cccc3c1C(=O)N(C1CCCNC1=O)C3=O)c1nnc(C)n1-2. The van der Waals surface area contributed by atoms with Crippen LogP contribution in [0.1, 0.15) is 92.1 Å². The van der Waals surface area contributed by atoms with Crippen molar-refractivity contribution in [3.63, 3.8) is 0 Å². The zero-order chi connectivity index (χ0) is 37.2. The fourth-order valence-electron chi connectivity index (χ4n) is 6.93. The van der Waals surface area contributed by atoms with Crippen molar-refractivity contribution in [1.29, 1.82) is 0 Å². The Kier molecular flexibility index (Phi) is 10.7. The number of carbonyl (C=O) groups is 4. The molecule has 276 valence electrons. The lowest BCUT2D eigenvalue weighted by molar-refractivity contribution is -0.126. The summed E-state index contributed by atoms with van der Waals surface area (Å²) >= 11 is 7.88. The van der Waals surface area contributed by atoms with Gasteiger partial charge in [0.2, 0.25) is 11.8 Å². The number of aromatic nitrogens is 3. The van der Waals surface area contributed by atoms with E-state index in [-0.39, 0.29) is 42.6 Å². The average molecular weight is 758 g/mol. The van der Waals surface area contributed by atoms with Crippen LogP contribution in [-0.4, -0.2) is 88.0 Å². The van der Waals surface area contributed by atoms with Crippen molar-refractivity contribution < 1.29 is 28.7 Å². The zero-order valence-electron chi connectivity index (χ0n) is 29.7. The molecule has 4 amide bonds. The highest BCUT2D eigenvalue weighted by Gasteiger charge is 2.45. The number of carbonyl (C=O) groups excluding carboxylic acids is 4. The number of nitrogens with one attached hydrogen (secondary N) is 2. The molecule has 4 aromatic rings. The number of nitrogens with zero attached hydrogens (tertiary/aromatic N) is 5. The third kappa shape index (κ3) is 7.22. The summed E-state index contributed by atoms with van der Waals surface area (Å²) in [6.45, 7) is 8.00. The van der Waals surface area contributed by atoms with E-state index in [2.05, 4.69) is 34.7 Å². The number of amides is 4. The lowest BCUT2D eigenvalue weighted by Gasteiger charge is -2.28. The first-order valence-electron chi connectivity index (χ1n) is 17.8. The molecule has 15 heteroatoms. The van der Waals surface area contributed by atoms with Crippen molar-refractivity contribution >= 4 is 52.3 Å². The minimum absolute atomic E-state index is 0.110. The second-order valence-electron chi connectivity index (χ2n) is 13.2. The maximum Gasteiger partial charge on any atom is 0.266 e. The van der Waals surface area contributed by atoms with Gasteiger partial charge in [0, 0.05) is 40.7 Å². The number of benzene rings is 2. The summed E-state index contributed by atoms with van der Waals surface area (Å²) in [5.74, 6) is 0.201. The van der Waals surface area contributed by atoms with Crippen molar-refractivity contribution in [2.45, 2.75) is 65.0 Å². The Morgan fingerprint density at radius 1 is 1.00 bits per heavy atom. The third-order valence-electron chi connectivity index (χ3n) is 9.73. The van der Waals surface area contributed by atoms with E-state index >= 15 is 0 Å². The Labute approximate surface area is 315 Å². The normalized spacial score (nSPS) is 17.8. The van der Waals surface area contributed by atoms with E-state index in [1.807, 2.05) is 35.8 Å². The van der Waals surface area contributed by atoms with Gasteiger partial charge >= 0.3 is 0 Å². The van der Waals surface area contributed by atoms with E-state index in [9.17, 15) is 19.2 Å². The summed E-state index contributed by atoms with van der Waals surface area (Å²) in [5, 5.41) is 16.2. The predicted molar refractivity (Wildman–Crippen MR) is 199 cm³/mol. The molecule has 2 aromatic heterocycles. The molecular formula is C38H40ClN7O6S. The van der Waals surface area contributed by atoms with Gasteiger partial charge in [0.25, 0.3) is 11.8 Å². The Bertz CT molecular complexity index is 2110. The largest absolute Gasteiger partial charge is 0.490 e. The Hall–Kier alpha value is -4.92. The zero-order valence-corrected chi connectivity index (χ0v) is 31.3. The van der Waals surface area contributed by atoms with Gasteiger partial charge in [-0.2, -0.15) is 0 Å². The molecule has 0 aliphatic carbocycles. The number of imide groups is 1. The number of aliphatic imine (C=N–C) groups is 1. The molecule has 1 saturated heterocycles. The summed E-state index contributed by atoms with van der Waals surface area (Å²) in [5.41, 5.74) is 4.27. The highest BCUT2D eigenvalue weighted by molar-refractivity contribution is 7.15. The van der Waals surface area contributed by atoms with Crippen molar-refractivity contribution in [1.82, 2.24) is 30.3 Å². The maximum absolute atomic E-state index is 13.3. The summed E-state index contributed by atoms with van der Waals surface area (Å²) in [7, 11) is 0. The van der Waals surface area contributed by atoms with Gasteiger partial charge in [-0.25, -0.2) is 0 Å². The molecule has 0 spiro atoms. The number of unbranched alkanes of at least 4 members (excludes halogenated alkanes) is 1. The average Bonchev–Trinajstić information content (AvgIpc) is 3.72. The van der Waals surface area contributed by atoms with Gasteiger partial charge < -0.3 is 20.1 Å². The van der Waals surface area contributed by atoms with Crippen LogP contribution < -0.4 is 15.4 Å².